The minimum absolute atomic E-state index is 0.146. The summed E-state index contributed by atoms with van der Waals surface area (Å²) in [4.78, 5) is 12.1. The van der Waals surface area contributed by atoms with Crippen LogP contribution >= 0.6 is 0 Å². The first-order valence-corrected chi connectivity index (χ1v) is 6.03. The largest absolute Gasteiger partial charge is 0.350 e. The number of carbonyl (C=O) groups excluding carboxylic acids is 1. The van der Waals surface area contributed by atoms with Gasteiger partial charge in [0.2, 0.25) is 0 Å². The molecule has 1 atom stereocenters. The fourth-order valence-electron chi connectivity index (χ4n) is 1.82. The fraction of sp³-hybridized carbons (Fsp3) is 0.385. The highest BCUT2D eigenvalue weighted by atomic mass is 16.1. The number of nitrogens with zero attached hydrogens (tertiary/aromatic N) is 2. The molecule has 0 bridgehead atoms. The Bertz CT molecular complexity index is 561. The van der Waals surface area contributed by atoms with E-state index in [2.05, 4.69) is 10.4 Å². The summed E-state index contributed by atoms with van der Waals surface area (Å²) in [5.74, 6) is 0.121. The molecular weight excluding hydrogens is 228 g/mol. The predicted octanol–water partition coefficient (Wildman–Crippen LogP) is 0.898. The van der Waals surface area contributed by atoms with E-state index in [4.69, 9.17) is 5.73 Å². The summed E-state index contributed by atoms with van der Waals surface area (Å²) in [6.07, 6.45) is 0. The number of nitrogens with one attached hydrogen (secondary N) is 1. The Labute approximate surface area is 106 Å². The van der Waals surface area contributed by atoms with Gasteiger partial charge in [-0.1, -0.05) is 25.1 Å². The lowest BCUT2D eigenvalue weighted by Crippen LogP contribution is -2.31. The van der Waals surface area contributed by atoms with Crippen LogP contribution in [-0.4, -0.2) is 28.8 Å². The van der Waals surface area contributed by atoms with Gasteiger partial charge >= 0.3 is 0 Å². The maximum Gasteiger partial charge on any atom is 0.272 e. The Morgan fingerprint density at radius 1 is 1.50 bits per heavy atom. The van der Waals surface area contributed by atoms with Crippen molar-refractivity contribution < 1.29 is 4.79 Å². The van der Waals surface area contributed by atoms with Gasteiger partial charge in [0.1, 0.15) is 0 Å². The van der Waals surface area contributed by atoms with Crippen LogP contribution in [0.4, 0.5) is 0 Å². The van der Waals surface area contributed by atoms with Crippen molar-refractivity contribution in [2.75, 3.05) is 13.1 Å². The van der Waals surface area contributed by atoms with Gasteiger partial charge in [0.15, 0.2) is 5.69 Å². The normalized spacial score (nSPS) is 12.6. The van der Waals surface area contributed by atoms with Crippen LogP contribution in [0.15, 0.2) is 24.3 Å². The molecule has 0 aliphatic carbocycles. The second-order valence-electron chi connectivity index (χ2n) is 4.54. The van der Waals surface area contributed by atoms with Crippen LogP contribution in [-0.2, 0) is 7.05 Å². The lowest BCUT2D eigenvalue weighted by molar-refractivity contribution is 0.0944. The van der Waals surface area contributed by atoms with Crippen molar-refractivity contribution in [3.8, 4) is 0 Å². The zero-order valence-electron chi connectivity index (χ0n) is 10.7. The summed E-state index contributed by atoms with van der Waals surface area (Å²) in [6, 6.07) is 7.69. The number of para-hydroxylation sites is 1. The molecule has 0 radical (unpaired) electrons. The third-order valence-electron chi connectivity index (χ3n) is 2.99. The summed E-state index contributed by atoms with van der Waals surface area (Å²) in [6.45, 7) is 3.13. The SMILES string of the molecule is CC(CN)CNC(=O)c1nn(C)c2ccccc12. The summed E-state index contributed by atoms with van der Waals surface area (Å²) < 4.78 is 1.72. The van der Waals surface area contributed by atoms with Gasteiger partial charge in [-0.3, -0.25) is 9.48 Å². The quantitative estimate of drug-likeness (QED) is 0.841. The fourth-order valence-corrected chi connectivity index (χ4v) is 1.82. The lowest BCUT2D eigenvalue weighted by Gasteiger charge is -2.08. The minimum atomic E-state index is -0.146. The third kappa shape index (κ3) is 2.36. The van der Waals surface area contributed by atoms with Gasteiger partial charge in [-0.15, -0.1) is 0 Å². The first kappa shape index (κ1) is 12.6. The summed E-state index contributed by atoms with van der Waals surface area (Å²) in [5, 5.41) is 8.00. The lowest BCUT2D eigenvalue weighted by atomic mass is 10.1. The number of fused-ring (bicyclic) bond motifs is 1. The van der Waals surface area contributed by atoms with Crippen LogP contribution in [0, 0.1) is 5.92 Å². The average molecular weight is 246 g/mol. The molecule has 0 fully saturated rings. The number of aryl methyl sites for hydroxylation is 1. The second-order valence-corrected chi connectivity index (χ2v) is 4.54. The van der Waals surface area contributed by atoms with Gasteiger partial charge in [0.05, 0.1) is 5.52 Å². The Morgan fingerprint density at radius 2 is 2.22 bits per heavy atom. The second kappa shape index (κ2) is 5.18. The van der Waals surface area contributed by atoms with E-state index < -0.39 is 0 Å². The molecule has 0 spiro atoms. The minimum Gasteiger partial charge on any atom is -0.350 e. The average Bonchev–Trinajstić information content (AvgIpc) is 2.74. The predicted molar refractivity (Wildman–Crippen MR) is 71.3 cm³/mol. The molecule has 1 aromatic carbocycles. The standard InChI is InChI=1S/C13H18N4O/c1-9(7-14)8-15-13(18)12-10-5-3-4-6-11(10)17(2)16-12/h3-6,9H,7-8,14H2,1-2H3,(H,15,18). The molecule has 1 aromatic heterocycles. The Morgan fingerprint density at radius 3 is 2.94 bits per heavy atom. The van der Waals surface area contributed by atoms with E-state index in [1.165, 1.54) is 0 Å². The Balaban J connectivity index is 2.23. The van der Waals surface area contributed by atoms with Gasteiger partial charge in [-0.2, -0.15) is 5.10 Å². The van der Waals surface area contributed by atoms with Crippen molar-refractivity contribution in [3.63, 3.8) is 0 Å². The highest BCUT2D eigenvalue weighted by Gasteiger charge is 2.15. The molecule has 1 heterocycles. The van der Waals surface area contributed by atoms with Crippen LogP contribution in [0.5, 0.6) is 0 Å². The number of hydrogen-bond acceptors (Lipinski definition) is 3. The summed E-state index contributed by atoms with van der Waals surface area (Å²) in [5.41, 5.74) is 6.94. The number of aromatic nitrogens is 2. The van der Waals surface area contributed by atoms with Gasteiger partial charge < -0.3 is 11.1 Å². The Hall–Kier alpha value is -1.88. The Kier molecular flexibility index (Phi) is 3.62. The number of amides is 1. The highest BCUT2D eigenvalue weighted by molar-refractivity contribution is 6.04. The molecule has 96 valence electrons. The first-order valence-electron chi connectivity index (χ1n) is 6.03. The van der Waals surface area contributed by atoms with E-state index in [1.54, 1.807) is 4.68 Å². The highest BCUT2D eigenvalue weighted by Crippen LogP contribution is 2.17. The van der Waals surface area contributed by atoms with Gasteiger partial charge in [0.25, 0.3) is 5.91 Å². The van der Waals surface area contributed by atoms with Gasteiger partial charge in [0, 0.05) is 19.0 Å². The van der Waals surface area contributed by atoms with E-state index in [0.29, 0.717) is 18.8 Å². The monoisotopic (exact) mass is 246 g/mol. The first-order chi connectivity index (χ1) is 8.63. The van der Waals surface area contributed by atoms with E-state index in [-0.39, 0.29) is 11.8 Å². The van der Waals surface area contributed by atoms with Crippen molar-refractivity contribution in [2.24, 2.45) is 18.7 Å². The van der Waals surface area contributed by atoms with Crippen LogP contribution in [0.2, 0.25) is 0 Å². The van der Waals surface area contributed by atoms with E-state index in [9.17, 15) is 4.79 Å². The third-order valence-corrected chi connectivity index (χ3v) is 2.99. The molecule has 1 amide bonds. The molecule has 0 saturated carbocycles. The molecule has 0 aliphatic heterocycles. The maximum atomic E-state index is 12.1. The molecule has 3 N–H and O–H groups in total. The van der Waals surface area contributed by atoms with Crippen molar-refractivity contribution in [2.45, 2.75) is 6.92 Å². The van der Waals surface area contributed by atoms with Crippen molar-refractivity contribution in [3.05, 3.63) is 30.0 Å². The van der Waals surface area contributed by atoms with Crippen LogP contribution in [0.1, 0.15) is 17.4 Å². The molecule has 18 heavy (non-hydrogen) atoms. The van der Waals surface area contributed by atoms with Crippen molar-refractivity contribution >= 4 is 16.8 Å². The van der Waals surface area contributed by atoms with Gasteiger partial charge in [-0.25, -0.2) is 0 Å². The molecule has 0 aliphatic rings. The number of benzene rings is 1. The van der Waals surface area contributed by atoms with Crippen LogP contribution in [0.3, 0.4) is 0 Å². The zero-order valence-corrected chi connectivity index (χ0v) is 10.7. The molecule has 2 aromatic rings. The number of nitrogens with two attached hydrogens (primary N) is 1. The van der Waals surface area contributed by atoms with E-state index in [0.717, 1.165) is 10.9 Å². The van der Waals surface area contributed by atoms with E-state index in [1.807, 2.05) is 38.2 Å². The van der Waals surface area contributed by atoms with Crippen LogP contribution in [0.25, 0.3) is 10.9 Å². The molecule has 5 nitrogen and oxygen atoms in total. The number of carbonyl (C=O) groups is 1. The number of rotatable bonds is 4. The summed E-state index contributed by atoms with van der Waals surface area (Å²) >= 11 is 0. The molecular formula is C13H18N4O. The van der Waals surface area contributed by atoms with Gasteiger partial charge in [-0.05, 0) is 18.5 Å². The van der Waals surface area contributed by atoms with Crippen LogP contribution < -0.4 is 11.1 Å². The maximum absolute atomic E-state index is 12.1. The topological polar surface area (TPSA) is 72.9 Å². The molecule has 2 rings (SSSR count). The number of hydrogen-bond donors (Lipinski definition) is 2. The smallest absolute Gasteiger partial charge is 0.272 e. The zero-order chi connectivity index (χ0) is 13.1. The molecule has 5 heteroatoms. The summed E-state index contributed by atoms with van der Waals surface area (Å²) in [7, 11) is 1.83. The van der Waals surface area contributed by atoms with E-state index >= 15 is 0 Å². The van der Waals surface area contributed by atoms with Crippen molar-refractivity contribution in [1.29, 1.82) is 0 Å². The van der Waals surface area contributed by atoms with Crippen molar-refractivity contribution in [1.82, 2.24) is 15.1 Å². The molecule has 0 saturated heterocycles. The molecule has 1 unspecified atom stereocenters.